The molecule has 0 heterocycles. The minimum absolute atomic E-state index is 0.0544. The third kappa shape index (κ3) is 4.46. The SMILES string of the molecule is CCCCCc1ccc2c(c1)CCc1c-2cc(F)c(-c2ccc(OC(F)F)cc2)c1F. The van der Waals surface area contributed by atoms with Gasteiger partial charge in [0.2, 0.25) is 0 Å². The van der Waals surface area contributed by atoms with Crippen LogP contribution in [0, 0.1) is 11.6 Å². The first-order valence-corrected chi connectivity index (χ1v) is 10.7. The fourth-order valence-corrected chi connectivity index (χ4v) is 4.32. The Morgan fingerprint density at radius 1 is 0.903 bits per heavy atom. The number of rotatable bonds is 7. The second-order valence-corrected chi connectivity index (χ2v) is 7.92. The number of alkyl halides is 2. The Kier molecular flexibility index (Phi) is 6.30. The van der Waals surface area contributed by atoms with Gasteiger partial charge in [-0.2, -0.15) is 8.78 Å². The zero-order chi connectivity index (χ0) is 22.0. The summed E-state index contributed by atoms with van der Waals surface area (Å²) in [5.41, 5.74) is 4.51. The van der Waals surface area contributed by atoms with Gasteiger partial charge in [0.1, 0.15) is 17.4 Å². The molecule has 3 aromatic carbocycles. The van der Waals surface area contributed by atoms with E-state index in [4.69, 9.17) is 0 Å². The molecule has 0 spiro atoms. The second kappa shape index (κ2) is 9.13. The number of halogens is 4. The topological polar surface area (TPSA) is 9.23 Å². The van der Waals surface area contributed by atoms with Crippen molar-refractivity contribution < 1.29 is 22.3 Å². The predicted molar refractivity (Wildman–Crippen MR) is 114 cm³/mol. The lowest BCUT2D eigenvalue weighted by Gasteiger charge is -2.23. The molecule has 0 atom stereocenters. The van der Waals surface area contributed by atoms with Gasteiger partial charge in [0.05, 0.1) is 5.56 Å². The molecule has 1 aliphatic carbocycles. The van der Waals surface area contributed by atoms with Gasteiger partial charge in [-0.05, 0) is 77.3 Å². The average Bonchev–Trinajstić information content (AvgIpc) is 2.74. The molecule has 0 amide bonds. The molecular weight excluding hydrogens is 404 g/mol. The molecule has 1 nitrogen and oxygen atoms in total. The van der Waals surface area contributed by atoms with Crippen LogP contribution in [-0.4, -0.2) is 6.61 Å². The number of fused-ring (bicyclic) bond motifs is 3. The molecule has 5 heteroatoms. The third-order valence-electron chi connectivity index (χ3n) is 5.86. The highest BCUT2D eigenvalue weighted by molar-refractivity contribution is 5.78. The molecule has 162 valence electrons. The minimum atomic E-state index is -2.95. The van der Waals surface area contributed by atoms with Crippen LogP contribution < -0.4 is 4.74 Å². The molecule has 0 fully saturated rings. The van der Waals surface area contributed by atoms with E-state index in [-0.39, 0.29) is 16.9 Å². The van der Waals surface area contributed by atoms with Gasteiger partial charge in [-0.15, -0.1) is 0 Å². The molecule has 0 saturated heterocycles. The Balaban J connectivity index is 1.68. The second-order valence-electron chi connectivity index (χ2n) is 7.92. The summed E-state index contributed by atoms with van der Waals surface area (Å²) >= 11 is 0. The lowest BCUT2D eigenvalue weighted by Crippen LogP contribution is -2.09. The molecule has 1 aliphatic rings. The zero-order valence-corrected chi connectivity index (χ0v) is 17.4. The maximum atomic E-state index is 15.4. The molecule has 0 saturated carbocycles. The van der Waals surface area contributed by atoms with Crippen LogP contribution in [-0.2, 0) is 19.3 Å². The van der Waals surface area contributed by atoms with E-state index in [1.165, 1.54) is 48.7 Å². The van der Waals surface area contributed by atoms with Gasteiger partial charge in [-0.25, -0.2) is 8.78 Å². The van der Waals surface area contributed by atoms with Crippen LogP contribution in [0.5, 0.6) is 5.75 Å². The molecule has 0 bridgehead atoms. The summed E-state index contributed by atoms with van der Waals surface area (Å²) in [5, 5.41) is 0. The Morgan fingerprint density at radius 3 is 2.39 bits per heavy atom. The van der Waals surface area contributed by atoms with Crippen molar-refractivity contribution in [2.75, 3.05) is 0 Å². The first-order chi connectivity index (χ1) is 15.0. The van der Waals surface area contributed by atoms with Crippen molar-refractivity contribution in [1.29, 1.82) is 0 Å². The van der Waals surface area contributed by atoms with Crippen molar-refractivity contribution in [2.24, 2.45) is 0 Å². The number of hydrogen-bond acceptors (Lipinski definition) is 1. The predicted octanol–water partition coefficient (Wildman–Crippen LogP) is 7.73. The molecule has 0 aliphatic heterocycles. The normalized spacial score (nSPS) is 12.6. The number of unbranched alkanes of at least 4 members (excludes halogenated alkanes) is 2. The summed E-state index contributed by atoms with van der Waals surface area (Å²) in [6.07, 6.45) is 5.70. The van der Waals surface area contributed by atoms with Gasteiger partial charge in [0.15, 0.2) is 0 Å². The van der Waals surface area contributed by atoms with E-state index < -0.39 is 18.2 Å². The van der Waals surface area contributed by atoms with Crippen LogP contribution in [0.25, 0.3) is 22.3 Å². The molecule has 0 aromatic heterocycles. The van der Waals surface area contributed by atoms with Crippen LogP contribution >= 0.6 is 0 Å². The fraction of sp³-hybridized carbons (Fsp3) is 0.308. The molecule has 0 radical (unpaired) electrons. The lowest BCUT2D eigenvalue weighted by atomic mass is 9.82. The number of ether oxygens (including phenoxy) is 1. The van der Waals surface area contributed by atoms with Gasteiger partial charge in [0, 0.05) is 0 Å². The van der Waals surface area contributed by atoms with E-state index in [0.717, 1.165) is 24.0 Å². The molecule has 0 unspecified atom stereocenters. The largest absolute Gasteiger partial charge is 0.435 e. The van der Waals surface area contributed by atoms with Crippen molar-refractivity contribution in [3.63, 3.8) is 0 Å². The third-order valence-corrected chi connectivity index (χ3v) is 5.86. The van der Waals surface area contributed by atoms with Crippen molar-refractivity contribution in [3.8, 4) is 28.0 Å². The van der Waals surface area contributed by atoms with Crippen LogP contribution in [0.2, 0.25) is 0 Å². The summed E-state index contributed by atoms with van der Waals surface area (Å²) in [5.74, 6) is -1.31. The first kappa shape index (κ1) is 21.4. The van der Waals surface area contributed by atoms with Crippen LogP contribution in [0.15, 0.2) is 48.5 Å². The number of hydrogen-bond donors (Lipinski definition) is 0. The van der Waals surface area contributed by atoms with E-state index in [1.54, 1.807) is 0 Å². The molecule has 4 rings (SSSR count). The highest BCUT2D eigenvalue weighted by Crippen LogP contribution is 2.40. The van der Waals surface area contributed by atoms with Crippen LogP contribution in [0.4, 0.5) is 17.6 Å². The van der Waals surface area contributed by atoms with E-state index >= 15 is 8.78 Å². The van der Waals surface area contributed by atoms with Gasteiger partial charge < -0.3 is 4.74 Å². The van der Waals surface area contributed by atoms with E-state index in [2.05, 4.69) is 23.8 Å². The van der Waals surface area contributed by atoms with Gasteiger partial charge in [-0.3, -0.25) is 0 Å². The molecule has 0 N–H and O–H groups in total. The monoisotopic (exact) mass is 428 g/mol. The van der Waals surface area contributed by atoms with Gasteiger partial charge in [-0.1, -0.05) is 50.1 Å². The standard InChI is InChI=1S/C26H24F4O/c1-2-3-4-5-16-6-12-20-18(14-16)9-13-21-22(20)15-23(27)24(25(21)28)17-7-10-19(11-8-17)31-26(29)30/h6-8,10-12,14-15,26H,2-5,9,13H2,1H3. The first-order valence-electron chi connectivity index (χ1n) is 10.7. The Morgan fingerprint density at radius 2 is 1.68 bits per heavy atom. The molecule has 31 heavy (non-hydrogen) atoms. The lowest BCUT2D eigenvalue weighted by molar-refractivity contribution is -0.0498. The fourth-order valence-electron chi connectivity index (χ4n) is 4.32. The Labute approximate surface area is 179 Å². The van der Waals surface area contributed by atoms with Crippen molar-refractivity contribution in [2.45, 2.75) is 52.1 Å². The van der Waals surface area contributed by atoms with Crippen LogP contribution in [0.3, 0.4) is 0 Å². The number of aryl methyl sites for hydroxylation is 2. The maximum Gasteiger partial charge on any atom is 0.387 e. The van der Waals surface area contributed by atoms with Crippen LogP contribution in [0.1, 0.15) is 42.9 Å². The minimum Gasteiger partial charge on any atom is -0.435 e. The Hall–Kier alpha value is -2.82. The average molecular weight is 428 g/mol. The Bertz CT molecular complexity index is 1070. The summed E-state index contributed by atoms with van der Waals surface area (Å²) in [6.45, 7) is -0.775. The highest BCUT2D eigenvalue weighted by Gasteiger charge is 2.25. The quantitative estimate of drug-likeness (QED) is 0.276. The summed E-state index contributed by atoms with van der Waals surface area (Å²) in [7, 11) is 0. The van der Waals surface area contributed by atoms with Crippen molar-refractivity contribution in [1.82, 2.24) is 0 Å². The number of benzene rings is 3. The van der Waals surface area contributed by atoms with E-state index in [9.17, 15) is 8.78 Å². The van der Waals surface area contributed by atoms with Crippen molar-refractivity contribution in [3.05, 3.63) is 76.9 Å². The van der Waals surface area contributed by atoms with E-state index in [0.29, 0.717) is 24.0 Å². The molecular formula is C26H24F4O. The van der Waals surface area contributed by atoms with Gasteiger partial charge >= 0.3 is 6.61 Å². The summed E-state index contributed by atoms with van der Waals surface area (Å²) in [4.78, 5) is 0. The smallest absolute Gasteiger partial charge is 0.387 e. The van der Waals surface area contributed by atoms with Gasteiger partial charge in [0.25, 0.3) is 0 Å². The maximum absolute atomic E-state index is 15.4. The summed E-state index contributed by atoms with van der Waals surface area (Å²) < 4.78 is 59.4. The highest BCUT2D eigenvalue weighted by atomic mass is 19.3. The van der Waals surface area contributed by atoms with E-state index in [1.807, 2.05) is 6.07 Å². The zero-order valence-electron chi connectivity index (χ0n) is 17.4. The van der Waals surface area contributed by atoms with Crippen molar-refractivity contribution >= 4 is 0 Å². The summed E-state index contributed by atoms with van der Waals surface area (Å²) in [6, 6.07) is 12.9. The molecule has 3 aromatic rings.